The lowest BCUT2D eigenvalue weighted by Gasteiger charge is -2.37. The van der Waals surface area contributed by atoms with Gasteiger partial charge in [-0.05, 0) is 41.2 Å². The number of thioether (sulfide) groups is 1. The molecule has 3 aromatic heterocycles. The molecule has 2 fully saturated rings. The molecule has 0 aromatic carbocycles. The maximum atomic E-state index is 10.7. The van der Waals surface area contributed by atoms with Crippen molar-refractivity contribution in [1.29, 1.82) is 0 Å². The fraction of sp³-hybridized carbons (Fsp3) is 0.526. The van der Waals surface area contributed by atoms with Gasteiger partial charge in [0, 0.05) is 43.9 Å². The first-order chi connectivity index (χ1) is 14.3. The summed E-state index contributed by atoms with van der Waals surface area (Å²) in [6.45, 7) is 3.49. The summed E-state index contributed by atoms with van der Waals surface area (Å²) in [4.78, 5) is 18.3. The Labute approximate surface area is 172 Å². The molecule has 1 N–H and O–H groups in total. The summed E-state index contributed by atoms with van der Waals surface area (Å²) in [6, 6.07) is 5.67. The Morgan fingerprint density at radius 3 is 2.24 bits per heavy atom. The lowest BCUT2D eigenvalue weighted by molar-refractivity contribution is 0.0890. The van der Waals surface area contributed by atoms with Crippen molar-refractivity contribution in [3.8, 4) is 0 Å². The molecule has 0 amide bonds. The molecule has 5 rings (SSSR count). The van der Waals surface area contributed by atoms with E-state index in [0.717, 1.165) is 67.9 Å². The first kappa shape index (κ1) is 18.6. The van der Waals surface area contributed by atoms with Crippen LogP contribution in [-0.2, 0) is 0 Å². The third-order valence-corrected chi connectivity index (χ3v) is 6.61. The number of aromatic nitrogens is 5. The fourth-order valence-electron chi connectivity index (χ4n) is 4.04. The van der Waals surface area contributed by atoms with Crippen LogP contribution in [0.4, 0.5) is 11.6 Å². The van der Waals surface area contributed by atoms with Gasteiger partial charge in [0.25, 0.3) is 0 Å². The van der Waals surface area contributed by atoms with E-state index in [0.29, 0.717) is 11.3 Å². The summed E-state index contributed by atoms with van der Waals surface area (Å²) in [5.74, 6) is 4.04. The van der Waals surface area contributed by atoms with Crippen LogP contribution in [-0.4, -0.2) is 68.1 Å². The molecule has 29 heavy (non-hydrogen) atoms. The minimum absolute atomic E-state index is 0.182. The van der Waals surface area contributed by atoms with Crippen LogP contribution < -0.4 is 9.80 Å². The van der Waals surface area contributed by atoms with Gasteiger partial charge in [0.15, 0.2) is 11.6 Å². The predicted molar refractivity (Wildman–Crippen MR) is 111 cm³/mol. The van der Waals surface area contributed by atoms with Gasteiger partial charge in [-0.25, -0.2) is 14.6 Å². The predicted octanol–water partition coefficient (Wildman–Crippen LogP) is 1.91. The zero-order valence-corrected chi connectivity index (χ0v) is 16.8. The highest BCUT2D eigenvalue weighted by Gasteiger charge is 2.30. The van der Waals surface area contributed by atoms with Crippen molar-refractivity contribution in [3.63, 3.8) is 0 Å². The SMILES string of the molecule is O[C@@H](c1ccccn1)C1CCN(c2nc3nonc3nc2N2CCSCC2)CC1. The highest BCUT2D eigenvalue weighted by molar-refractivity contribution is 7.99. The first-order valence-electron chi connectivity index (χ1n) is 9.96. The molecule has 2 saturated heterocycles. The lowest BCUT2D eigenvalue weighted by Crippen LogP contribution is -2.39. The maximum absolute atomic E-state index is 10.7. The Balaban J connectivity index is 1.37. The number of anilines is 2. The van der Waals surface area contributed by atoms with Crippen LogP contribution >= 0.6 is 11.8 Å². The van der Waals surface area contributed by atoms with Crippen molar-refractivity contribution in [3.05, 3.63) is 30.1 Å². The molecule has 9 nitrogen and oxygen atoms in total. The second-order valence-electron chi connectivity index (χ2n) is 7.41. The number of nitrogens with zero attached hydrogens (tertiary/aromatic N) is 7. The Kier molecular flexibility index (Phi) is 5.19. The van der Waals surface area contributed by atoms with Crippen molar-refractivity contribution < 1.29 is 9.74 Å². The van der Waals surface area contributed by atoms with Gasteiger partial charge in [-0.3, -0.25) is 4.98 Å². The number of pyridine rings is 1. The molecule has 0 aliphatic carbocycles. The van der Waals surface area contributed by atoms with E-state index in [1.54, 1.807) is 6.20 Å². The Hall–Kier alpha value is -2.46. The molecule has 3 aromatic rings. The molecule has 152 valence electrons. The number of hydrogen-bond donors (Lipinski definition) is 1. The largest absolute Gasteiger partial charge is 0.387 e. The minimum atomic E-state index is -0.537. The fourth-order valence-corrected chi connectivity index (χ4v) is 4.94. The number of piperidine rings is 1. The van der Waals surface area contributed by atoms with E-state index >= 15 is 0 Å². The molecule has 2 aliphatic rings. The van der Waals surface area contributed by atoms with E-state index < -0.39 is 6.10 Å². The highest BCUT2D eigenvalue weighted by Crippen LogP contribution is 2.35. The zero-order chi connectivity index (χ0) is 19.6. The minimum Gasteiger partial charge on any atom is -0.387 e. The Morgan fingerprint density at radius 1 is 0.966 bits per heavy atom. The van der Waals surface area contributed by atoms with Crippen molar-refractivity contribution in [2.24, 2.45) is 5.92 Å². The van der Waals surface area contributed by atoms with Gasteiger partial charge in [0.1, 0.15) is 0 Å². The third-order valence-electron chi connectivity index (χ3n) is 5.67. The van der Waals surface area contributed by atoms with E-state index in [1.807, 2.05) is 30.0 Å². The third kappa shape index (κ3) is 3.74. The number of rotatable bonds is 4. The Morgan fingerprint density at radius 2 is 1.62 bits per heavy atom. The van der Waals surface area contributed by atoms with Crippen LogP contribution in [0.5, 0.6) is 0 Å². The molecule has 0 saturated carbocycles. The van der Waals surface area contributed by atoms with Gasteiger partial charge in [0.05, 0.1) is 11.8 Å². The van der Waals surface area contributed by atoms with E-state index in [1.165, 1.54) is 0 Å². The van der Waals surface area contributed by atoms with Crippen LogP contribution in [0.1, 0.15) is 24.6 Å². The molecule has 5 heterocycles. The highest BCUT2D eigenvalue weighted by atomic mass is 32.2. The molecular weight excluding hydrogens is 390 g/mol. The molecule has 2 aliphatic heterocycles. The monoisotopic (exact) mass is 413 g/mol. The second-order valence-corrected chi connectivity index (χ2v) is 8.63. The summed E-state index contributed by atoms with van der Waals surface area (Å²) in [6.07, 6.45) is 2.92. The normalized spacial score (nSPS) is 19.6. The van der Waals surface area contributed by atoms with Crippen LogP contribution in [0.2, 0.25) is 0 Å². The van der Waals surface area contributed by atoms with E-state index in [4.69, 9.17) is 14.6 Å². The average molecular weight is 414 g/mol. The quantitative estimate of drug-likeness (QED) is 0.682. The number of fused-ring (bicyclic) bond motifs is 1. The molecule has 0 spiro atoms. The van der Waals surface area contributed by atoms with Gasteiger partial charge in [-0.1, -0.05) is 6.07 Å². The van der Waals surface area contributed by atoms with Gasteiger partial charge >= 0.3 is 0 Å². The van der Waals surface area contributed by atoms with Crippen molar-refractivity contribution in [2.75, 3.05) is 47.5 Å². The molecule has 0 bridgehead atoms. The van der Waals surface area contributed by atoms with Gasteiger partial charge < -0.3 is 14.9 Å². The molecule has 0 radical (unpaired) electrons. The summed E-state index contributed by atoms with van der Waals surface area (Å²) < 4.78 is 4.84. The van der Waals surface area contributed by atoms with Crippen LogP contribution in [0.25, 0.3) is 11.3 Å². The summed E-state index contributed by atoms with van der Waals surface area (Å²) >= 11 is 1.96. The van der Waals surface area contributed by atoms with Crippen LogP contribution in [0.3, 0.4) is 0 Å². The average Bonchev–Trinajstić information content (AvgIpc) is 3.27. The number of aliphatic hydroxyl groups excluding tert-OH is 1. The van der Waals surface area contributed by atoms with E-state index in [9.17, 15) is 5.11 Å². The Bertz CT molecular complexity index is 956. The molecular formula is C19H23N7O2S. The van der Waals surface area contributed by atoms with Gasteiger partial charge in [-0.2, -0.15) is 11.8 Å². The molecule has 1 atom stereocenters. The lowest BCUT2D eigenvalue weighted by atomic mass is 9.89. The van der Waals surface area contributed by atoms with Crippen LogP contribution in [0, 0.1) is 5.92 Å². The summed E-state index contributed by atoms with van der Waals surface area (Å²) in [5, 5.41) is 18.5. The first-order valence-corrected chi connectivity index (χ1v) is 11.1. The summed E-state index contributed by atoms with van der Waals surface area (Å²) in [5.41, 5.74) is 1.63. The standard InChI is InChI=1S/C19H23N7O2S/c27-15(14-3-1-2-6-20-14)13-4-7-25(8-5-13)18-19(26-9-11-29-12-10-26)22-17-16(21-18)23-28-24-17/h1-3,6,13,15,27H,4-5,7-12H2/t15-/m1/s1. The van der Waals surface area contributed by atoms with Gasteiger partial charge in [0.2, 0.25) is 11.3 Å². The second kappa shape index (κ2) is 8.11. The van der Waals surface area contributed by atoms with E-state index in [-0.39, 0.29) is 5.92 Å². The maximum Gasteiger partial charge on any atom is 0.245 e. The van der Waals surface area contributed by atoms with Gasteiger partial charge in [-0.15, -0.1) is 0 Å². The smallest absolute Gasteiger partial charge is 0.245 e. The van der Waals surface area contributed by atoms with Crippen molar-refractivity contribution in [2.45, 2.75) is 18.9 Å². The number of aliphatic hydroxyl groups is 1. The summed E-state index contributed by atoms with van der Waals surface area (Å²) in [7, 11) is 0. The van der Waals surface area contributed by atoms with Crippen LogP contribution in [0.15, 0.2) is 29.0 Å². The van der Waals surface area contributed by atoms with Crippen molar-refractivity contribution in [1.82, 2.24) is 25.3 Å². The molecule has 10 heteroatoms. The zero-order valence-electron chi connectivity index (χ0n) is 16.0. The number of hydrogen-bond acceptors (Lipinski definition) is 10. The topological polar surface area (TPSA) is 104 Å². The van der Waals surface area contributed by atoms with E-state index in [2.05, 4.69) is 25.1 Å². The molecule has 0 unspecified atom stereocenters. The van der Waals surface area contributed by atoms with Crippen molar-refractivity contribution >= 4 is 34.7 Å².